The lowest BCUT2D eigenvalue weighted by Crippen LogP contribution is -2.18. The van der Waals surface area contributed by atoms with Crippen LogP contribution in [0.2, 0.25) is 0 Å². The lowest BCUT2D eigenvalue weighted by atomic mass is 10.1. The van der Waals surface area contributed by atoms with Gasteiger partial charge in [0.25, 0.3) is 5.56 Å². The fourth-order valence-electron chi connectivity index (χ4n) is 1.97. The lowest BCUT2D eigenvalue weighted by molar-refractivity contribution is 0.421. The van der Waals surface area contributed by atoms with Crippen molar-refractivity contribution in [1.82, 2.24) is 4.57 Å². The van der Waals surface area contributed by atoms with Gasteiger partial charge in [0.15, 0.2) is 5.69 Å². The van der Waals surface area contributed by atoms with Crippen LogP contribution in [-0.2, 0) is 17.2 Å². The summed E-state index contributed by atoms with van der Waals surface area (Å²) in [7, 11) is -2.31. The Morgan fingerprint density at radius 1 is 1.24 bits per heavy atom. The summed E-state index contributed by atoms with van der Waals surface area (Å²) in [6, 6.07) is 7.50. The second-order valence-corrected chi connectivity index (χ2v) is 6.70. The van der Waals surface area contributed by atoms with Gasteiger partial charge in [0.05, 0.1) is 11.9 Å². The number of hydrogen-bond donors (Lipinski definition) is 1. The fraction of sp³-hybridized carbons (Fsp3) is 0.200. The molecule has 0 saturated heterocycles. The molecular weight excluding hydrogens is 348 g/mol. The van der Waals surface area contributed by atoms with E-state index in [1.165, 1.54) is 38.2 Å². The van der Waals surface area contributed by atoms with E-state index in [2.05, 4.69) is 10.2 Å². The Kier molecular flexibility index (Phi) is 4.89. The molecule has 2 rings (SSSR count). The maximum absolute atomic E-state index is 12.2. The van der Waals surface area contributed by atoms with Crippen LogP contribution in [0.5, 0.6) is 11.6 Å². The number of nitriles is 1. The summed E-state index contributed by atoms with van der Waals surface area (Å²) < 4.78 is 27.7. The highest BCUT2D eigenvalue weighted by molar-refractivity contribution is 7.86. The van der Waals surface area contributed by atoms with Crippen molar-refractivity contribution in [2.75, 3.05) is 6.26 Å². The van der Waals surface area contributed by atoms with Crippen molar-refractivity contribution < 1.29 is 17.7 Å². The second kappa shape index (κ2) is 6.74. The van der Waals surface area contributed by atoms with Crippen LogP contribution >= 0.6 is 0 Å². The minimum Gasteiger partial charge on any atom is -0.493 e. The van der Waals surface area contributed by atoms with Crippen LogP contribution in [-0.4, -0.2) is 24.3 Å². The minimum absolute atomic E-state index is 0.0621. The van der Waals surface area contributed by atoms with Gasteiger partial charge in [-0.05, 0) is 31.2 Å². The third-order valence-electron chi connectivity index (χ3n) is 3.24. The first-order valence-electron chi connectivity index (χ1n) is 6.88. The Balaban J connectivity index is 2.39. The lowest BCUT2D eigenvalue weighted by Gasteiger charge is -2.08. The molecular formula is C15H14N4O5S. The normalized spacial score (nSPS) is 11.4. The van der Waals surface area contributed by atoms with E-state index in [0.717, 1.165) is 10.8 Å². The fourth-order valence-corrected chi connectivity index (χ4v) is 2.43. The van der Waals surface area contributed by atoms with Crippen LogP contribution in [0.25, 0.3) is 0 Å². The number of nitrogens with zero attached hydrogens (tertiary/aromatic N) is 4. The highest BCUT2D eigenvalue weighted by atomic mass is 32.2. The van der Waals surface area contributed by atoms with Gasteiger partial charge in [-0.2, -0.15) is 18.8 Å². The molecule has 0 bridgehead atoms. The molecule has 1 N–H and O–H groups in total. The van der Waals surface area contributed by atoms with E-state index in [0.29, 0.717) is 5.69 Å². The van der Waals surface area contributed by atoms with E-state index in [4.69, 9.17) is 9.44 Å². The van der Waals surface area contributed by atoms with Gasteiger partial charge in [-0.3, -0.25) is 9.36 Å². The molecule has 0 atom stereocenters. The average molecular weight is 362 g/mol. The topological polar surface area (TPSA) is 134 Å². The average Bonchev–Trinajstić information content (AvgIpc) is 2.53. The van der Waals surface area contributed by atoms with Crippen molar-refractivity contribution >= 4 is 21.5 Å². The van der Waals surface area contributed by atoms with Crippen LogP contribution in [0.1, 0.15) is 11.1 Å². The molecule has 130 valence electrons. The van der Waals surface area contributed by atoms with Crippen LogP contribution in [0.3, 0.4) is 0 Å². The third kappa shape index (κ3) is 4.02. The number of aromatic hydroxyl groups is 1. The molecule has 0 fully saturated rings. The Morgan fingerprint density at radius 3 is 2.36 bits per heavy atom. The van der Waals surface area contributed by atoms with Crippen molar-refractivity contribution in [2.45, 2.75) is 6.92 Å². The van der Waals surface area contributed by atoms with Gasteiger partial charge in [-0.1, -0.05) is 0 Å². The summed E-state index contributed by atoms with van der Waals surface area (Å²) in [6.07, 6.45) is 0.927. The number of azo groups is 1. The summed E-state index contributed by atoms with van der Waals surface area (Å²) in [5.74, 6) is -0.323. The maximum atomic E-state index is 12.2. The smallest absolute Gasteiger partial charge is 0.306 e. The van der Waals surface area contributed by atoms with Gasteiger partial charge < -0.3 is 9.29 Å². The predicted octanol–water partition coefficient (Wildman–Crippen LogP) is 2.02. The molecule has 0 unspecified atom stereocenters. The molecule has 1 aromatic heterocycles. The van der Waals surface area contributed by atoms with Gasteiger partial charge in [0, 0.05) is 12.6 Å². The summed E-state index contributed by atoms with van der Waals surface area (Å²) in [5.41, 5.74) is -0.186. The van der Waals surface area contributed by atoms with Crippen LogP contribution in [0, 0.1) is 18.3 Å². The van der Waals surface area contributed by atoms with E-state index in [1.54, 1.807) is 0 Å². The number of hydrogen-bond acceptors (Lipinski definition) is 8. The molecule has 0 radical (unpaired) electrons. The SMILES string of the molecule is Cc1c(C#N)c(O)n(C)c(=O)c1N=Nc1ccc(OS(C)(=O)=O)cc1. The molecule has 1 heterocycles. The Bertz CT molecular complexity index is 1050. The van der Waals surface area contributed by atoms with E-state index in [-0.39, 0.29) is 22.6 Å². The molecule has 9 nitrogen and oxygen atoms in total. The highest BCUT2D eigenvalue weighted by Crippen LogP contribution is 2.26. The Hall–Kier alpha value is -3.19. The predicted molar refractivity (Wildman–Crippen MR) is 88.9 cm³/mol. The zero-order valence-corrected chi connectivity index (χ0v) is 14.4. The van der Waals surface area contributed by atoms with Gasteiger partial charge in [-0.15, -0.1) is 5.11 Å². The molecule has 1 aromatic carbocycles. The monoisotopic (exact) mass is 362 g/mol. The van der Waals surface area contributed by atoms with Gasteiger partial charge >= 0.3 is 10.1 Å². The standard InChI is InChI=1S/C15H14N4O5S/c1-9-12(8-16)14(20)19(2)15(21)13(9)18-17-10-4-6-11(7-5-10)24-25(3,22)23/h4-7,20H,1-3H3. The molecule has 25 heavy (non-hydrogen) atoms. The van der Waals surface area contributed by atoms with Crippen molar-refractivity contribution in [3.8, 4) is 17.7 Å². The summed E-state index contributed by atoms with van der Waals surface area (Å²) >= 11 is 0. The Labute approximate surface area is 143 Å². The zero-order valence-electron chi connectivity index (χ0n) is 13.6. The van der Waals surface area contributed by atoms with Gasteiger partial charge in [0.1, 0.15) is 17.4 Å². The summed E-state index contributed by atoms with van der Waals surface area (Å²) in [6.45, 7) is 1.48. The van der Waals surface area contributed by atoms with Crippen LogP contribution in [0.4, 0.5) is 11.4 Å². The molecule has 0 spiro atoms. The summed E-state index contributed by atoms with van der Waals surface area (Å²) in [4.78, 5) is 12.2. The second-order valence-electron chi connectivity index (χ2n) is 5.13. The number of rotatable bonds is 4. The molecule has 0 saturated carbocycles. The van der Waals surface area contributed by atoms with Crippen LogP contribution in [0.15, 0.2) is 39.3 Å². The van der Waals surface area contributed by atoms with Crippen LogP contribution < -0.4 is 9.74 Å². The van der Waals surface area contributed by atoms with Gasteiger partial charge in [-0.25, -0.2) is 0 Å². The van der Waals surface area contributed by atoms with E-state index >= 15 is 0 Å². The van der Waals surface area contributed by atoms with Crippen molar-refractivity contribution in [3.05, 3.63) is 45.7 Å². The zero-order chi connectivity index (χ0) is 18.8. The highest BCUT2D eigenvalue weighted by Gasteiger charge is 2.16. The molecule has 0 aliphatic heterocycles. The quantitative estimate of drug-likeness (QED) is 0.653. The first-order valence-corrected chi connectivity index (χ1v) is 8.69. The number of pyridine rings is 1. The Morgan fingerprint density at radius 2 is 1.84 bits per heavy atom. The van der Waals surface area contributed by atoms with E-state index in [1.807, 2.05) is 6.07 Å². The van der Waals surface area contributed by atoms with Crippen molar-refractivity contribution in [1.29, 1.82) is 5.26 Å². The molecule has 0 aliphatic carbocycles. The van der Waals surface area contributed by atoms with E-state index in [9.17, 15) is 18.3 Å². The first-order chi connectivity index (χ1) is 11.6. The van der Waals surface area contributed by atoms with Crippen molar-refractivity contribution in [3.63, 3.8) is 0 Å². The molecule has 0 aliphatic rings. The van der Waals surface area contributed by atoms with Gasteiger partial charge in [0.2, 0.25) is 5.88 Å². The number of benzene rings is 1. The molecule has 0 amide bonds. The van der Waals surface area contributed by atoms with Crippen molar-refractivity contribution in [2.24, 2.45) is 17.3 Å². The summed E-state index contributed by atoms with van der Waals surface area (Å²) in [5, 5.41) is 26.6. The molecule has 10 heteroatoms. The number of aromatic nitrogens is 1. The van der Waals surface area contributed by atoms with E-state index < -0.39 is 21.6 Å². The third-order valence-corrected chi connectivity index (χ3v) is 3.74. The first kappa shape index (κ1) is 18.2. The largest absolute Gasteiger partial charge is 0.493 e. The minimum atomic E-state index is -3.63. The maximum Gasteiger partial charge on any atom is 0.306 e. The molecule has 2 aromatic rings.